The normalized spacial score (nSPS) is 28.5. The standard InChI is InChI=1S/C16H31N3O2/c1-13-11-19(15(20)21-16(2,3)4)9-8-18(13)12-14-6-5-7-17-10-14/h13-14,17H,5-12H2,1-4H3/t13-,14?/m0/s1. The summed E-state index contributed by atoms with van der Waals surface area (Å²) in [7, 11) is 0. The lowest BCUT2D eigenvalue weighted by Crippen LogP contribution is -2.56. The van der Waals surface area contributed by atoms with Gasteiger partial charge in [0, 0.05) is 32.2 Å². The summed E-state index contributed by atoms with van der Waals surface area (Å²) in [5.74, 6) is 0.759. The summed E-state index contributed by atoms with van der Waals surface area (Å²) < 4.78 is 5.47. The van der Waals surface area contributed by atoms with E-state index in [9.17, 15) is 4.79 Å². The number of rotatable bonds is 2. The highest BCUT2D eigenvalue weighted by Crippen LogP contribution is 2.18. The van der Waals surface area contributed by atoms with Crippen molar-refractivity contribution in [3.05, 3.63) is 0 Å². The number of hydrogen-bond acceptors (Lipinski definition) is 4. The van der Waals surface area contributed by atoms with Gasteiger partial charge in [0.25, 0.3) is 0 Å². The molecule has 5 nitrogen and oxygen atoms in total. The van der Waals surface area contributed by atoms with Gasteiger partial charge in [-0.1, -0.05) is 0 Å². The number of ether oxygens (including phenoxy) is 1. The second kappa shape index (κ2) is 6.97. The van der Waals surface area contributed by atoms with Gasteiger partial charge in [0.2, 0.25) is 0 Å². The van der Waals surface area contributed by atoms with Crippen molar-refractivity contribution in [3.8, 4) is 0 Å². The number of nitrogens with zero attached hydrogens (tertiary/aromatic N) is 2. The third kappa shape index (κ3) is 5.15. The highest BCUT2D eigenvalue weighted by Gasteiger charge is 2.30. The molecule has 0 aromatic carbocycles. The third-order valence-corrected chi connectivity index (χ3v) is 4.31. The smallest absolute Gasteiger partial charge is 0.410 e. The van der Waals surface area contributed by atoms with Crippen LogP contribution in [0.5, 0.6) is 0 Å². The molecule has 0 bridgehead atoms. The molecule has 2 aliphatic heterocycles. The number of carbonyl (C=O) groups is 1. The molecular weight excluding hydrogens is 266 g/mol. The van der Waals surface area contributed by atoms with Crippen molar-refractivity contribution in [1.29, 1.82) is 0 Å². The second-order valence-corrected chi connectivity index (χ2v) is 7.48. The molecule has 0 saturated carbocycles. The lowest BCUT2D eigenvalue weighted by atomic mass is 9.98. The van der Waals surface area contributed by atoms with Gasteiger partial charge in [-0.2, -0.15) is 0 Å². The summed E-state index contributed by atoms with van der Waals surface area (Å²) in [5.41, 5.74) is -0.411. The van der Waals surface area contributed by atoms with Crippen LogP contribution in [-0.2, 0) is 4.74 Å². The summed E-state index contributed by atoms with van der Waals surface area (Å²) >= 11 is 0. The van der Waals surface area contributed by atoms with E-state index in [2.05, 4.69) is 17.1 Å². The predicted molar refractivity (Wildman–Crippen MR) is 84.4 cm³/mol. The quantitative estimate of drug-likeness (QED) is 0.846. The molecule has 2 rings (SSSR count). The maximum atomic E-state index is 12.1. The van der Waals surface area contributed by atoms with Crippen LogP contribution < -0.4 is 5.32 Å². The zero-order chi connectivity index (χ0) is 15.5. The molecule has 21 heavy (non-hydrogen) atoms. The molecule has 2 fully saturated rings. The fourth-order valence-corrected chi connectivity index (χ4v) is 3.17. The zero-order valence-electron chi connectivity index (χ0n) is 14.0. The molecular formula is C16H31N3O2. The van der Waals surface area contributed by atoms with Gasteiger partial charge >= 0.3 is 6.09 Å². The lowest BCUT2D eigenvalue weighted by Gasteiger charge is -2.42. The minimum absolute atomic E-state index is 0.173. The first-order valence-corrected chi connectivity index (χ1v) is 8.28. The average Bonchev–Trinajstić information content (AvgIpc) is 2.40. The van der Waals surface area contributed by atoms with Crippen LogP contribution in [0.2, 0.25) is 0 Å². The molecule has 1 N–H and O–H groups in total. The highest BCUT2D eigenvalue weighted by atomic mass is 16.6. The molecule has 0 radical (unpaired) electrons. The molecule has 122 valence electrons. The fourth-order valence-electron chi connectivity index (χ4n) is 3.17. The zero-order valence-corrected chi connectivity index (χ0v) is 14.0. The van der Waals surface area contributed by atoms with Crippen LogP contribution in [0, 0.1) is 5.92 Å². The number of nitrogens with one attached hydrogen (secondary N) is 1. The average molecular weight is 297 g/mol. The van der Waals surface area contributed by atoms with Gasteiger partial charge < -0.3 is 15.0 Å². The first-order valence-electron chi connectivity index (χ1n) is 8.28. The molecule has 2 heterocycles. The Morgan fingerprint density at radius 3 is 2.67 bits per heavy atom. The van der Waals surface area contributed by atoms with Gasteiger partial charge in [0.05, 0.1) is 0 Å². The second-order valence-electron chi connectivity index (χ2n) is 7.48. The van der Waals surface area contributed by atoms with E-state index in [1.807, 2.05) is 25.7 Å². The van der Waals surface area contributed by atoms with Gasteiger partial charge in [0.15, 0.2) is 0 Å². The molecule has 1 unspecified atom stereocenters. The Bertz CT molecular complexity index is 348. The Morgan fingerprint density at radius 2 is 2.10 bits per heavy atom. The van der Waals surface area contributed by atoms with Crippen LogP contribution in [0.15, 0.2) is 0 Å². The van der Waals surface area contributed by atoms with Crippen LogP contribution in [0.1, 0.15) is 40.5 Å². The lowest BCUT2D eigenvalue weighted by molar-refractivity contribution is 0.00309. The molecule has 0 spiro atoms. The Morgan fingerprint density at radius 1 is 1.33 bits per heavy atom. The van der Waals surface area contributed by atoms with Crippen molar-refractivity contribution >= 4 is 6.09 Å². The van der Waals surface area contributed by atoms with E-state index in [4.69, 9.17) is 4.74 Å². The number of piperidine rings is 1. The Balaban J connectivity index is 1.79. The first-order chi connectivity index (χ1) is 9.85. The van der Waals surface area contributed by atoms with Crippen molar-refractivity contribution in [3.63, 3.8) is 0 Å². The Kier molecular flexibility index (Phi) is 5.49. The van der Waals surface area contributed by atoms with Crippen LogP contribution in [-0.4, -0.2) is 66.8 Å². The van der Waals surface area contributed by atoms with Crippen LogP contribution in [0.4, 0.5) is 4.79 Å². The SMILES string of the molecule is C[C@H]1CN(C(=O)OC(C)(C)C)CCN1CC1CCCNC1. The maximum Gasteiger partial charge on any atom is 0.410 e. The summed E-state index contributed by atoms with van der Waals surface area (Å²) in [6.45, 7) is 13.9. The third-order valence-electron chi connectivity index (χ3n) is 4.31. The first kappa shape index (κ1) is 16.6. The molecule has 2 saturated heterocycles. The Labute approximate surface area is 129 Å². The summed E-state index contributed by atoms with van der Waals surface area (Å²) in [5, 5.41) is 3.48. The van der Waals surface area contributed by atoms with E-state index in [1.54, 1.807) is 0 Å². The van der Waals surface area contributed by atoms with E-state index in [0.29, 0.717) is 6.04 Å². The number of amides is 1. The van der Waals surface area contributed by atoms with Gasteiger partial charge in [-0.3, -0.25) is 4.90 Å². The molecule has 2 atom stereocenters. The van der Waals surface area contributed by atoms with Gasteiger partial charge in [-0.15, -0.1) is 0 Å². The van der Waals surface area contributed by atoms with Crippen molar-refractivity contribution in [1.82, 2.24) is 15.1 Å². The van der Waals surface area contributed by atoms with Crippen LogP contribution in [0.25, 0.3) is 0 Å². The molecule has 5 heteroatoms. The van der Waals surface area contributed by atoms with Gasteiger partial charge in [0.1, 0.15) is 5.60 Å². The highest BCUT2D eigenvalue weighted by molar-refractivity contribution is 5.68. The van der Waals surface area contributed by atoms with Crippen molar-refractivity contribution in [2.24, 2.45) is 5.92 Å². The minimum Gasteiger partial charge on any atom is -0.444 e. The van der Waals surface area contributed by atoms with Gasteiger partial charge in [-0.05, 0) is 59.5 Å². The molecule has 0 aliphatic carbocycles. The number of piperazine rings is 1. The number of carbonyl (C=O) groups excluding carboxylic acids is 1. The fraction of sp³-hybridized carbons (Fsp3) is 0.938. The molecule has 0 aromatic heterocycles. The van der Waals surface area contributed by atoms with E-state index in [1.165, 1.54) is 19.4 Å². The van der Waals surface area contributed by atoms with Crippen molar-refractivity contribution < 1.29 is 9.53 Å². The monoisotopic (exact) mass is 297 g/mol. The van der Waals surface area contributed by atoms with Gasteiger partial charge in [-0.25, -0.2) is 4.79 Å². The minimum atomic E-state index is -0.411. The molecule has 1 amide bonds. The number of hydrogen-bond donors (Lipinski definition) is 1. The largest absolute Gasteiger partial charge is 0.444 e. The maximum absolute atomic E-state index is 12.1. The van der Waals surface area contributed by atoms with E-state index < -0.39 is 5.60 Å². The summed E-state index contributed by atoms with van der Waals surface area (Å²) in [6, 6.07) is 0.410. The summed E-state index contributed by atoms with van der Waals surface area (Å²) in [4.78, 5) is 16.5. The Hall–Kier alpha value is -0.810. The molecule has 0 aromatic rings. The molecule has 2 aliphatic rings. The van der Waals surface area contributed by atoms with Crippen LogP contribution >= 0.6 is 0 Å². The van der Waals surface area contributed by atoms with E-state index in [-0.39, 0.29) is 6.09 Å². The topological polar surface area (TPSA) is 44.8 Å². The van der Waals surface area contributed by atoms with Crippen LogP contribution in [0.3, 0.4) is 0 Å². The summed E-state index contributed by atoms with van der Waals surface area (Å²) in [6.07, 6.45) is 2.44. The van der Waals surface area contributed by atoms with E-state index >= 15 is 0 Å². The van der Waals surface area contributed by atoms with Crippen molar-refractivity contribution in [2.45, 2.75) is 52.2 Å². The van der Waals surface area contributed by atoms with Crippen molar-refractivity contribution in [2.75, 3.05) is 39.3 Å². The van der Waals surface area contributed by atoms with E-state index in [0.717, 1.165) is 38.6 Å². The predicted octanol–water partition coefficient (Wildman–Crippen LogP) is 1.93.